The van der Waals surface area contributed by atoms with Gasteiger partial charge in [0.1, 0.15) is 0 Å². The minimum absolute atomic E-state index is 0.453. The van der Waals surface area contributed by atoms with Crippen LogP contribution in [-0.4, -0.2) is 16.2 Å². The molecule has 1 aromatic rings. The lowest BCUT2D eigenvalue weighted by Crippen LogP contribution is -2.11. The van der Waals surface area contributed by atoms with Gasteiger partial charge in [-0.05, 0) is 39.5 Å². The summed E-state index contributed by atoms with van der Waals surface area (Å²) in [7, 11) is 0. The largest absolute Gasteiger partial charge is 0.366 e. The lowest BCUT2D eigenvalue weighted by atomic mass is 9.99. The van der Waals surface area contributed by atoms with Crippen LogP contribution in [0.5, 0.6) is 0 Å². The third-order valence-electron chi connectivity index (χ3n) is 3.98. The van der Waals surface area contributed by atoms with E-state index >= 15 is 0 Å². The highest BCUT2D eigenvalue weighted by Crippen LogP contribution is 2.23. The lowest BCUT2D eigenvalue weighted by Gasteiger charge is -2.11. The molecule has 2 rings (SSSR count). The first-order chi connectivity index (χ1) is 9.27. The quantitative estimate of drug-likeness (QED) is 0.827. The number of fused-ring (bicyclic) bond motifs is 1. The number of rotatable bonds is 2. The number of aromatic amines is 1. The van der Waals surface area contributed by atoms with Gasteiger partial charge in [-0.2, -0.15) is 5.10 Å². The first-order valence-corrected chi connectivity index (χ1v) is 8.10. The number of hydrogen-bond donors (Lipinski definition) is 2. The van der Waals surface area contributed by atoms with Gasteiger partial charge in [-0.1, -0.05) is 38.5 Å². The van der Waals surface area contributed by atoms with E-state index in [-0.39, 0.29) is 0 Å². The number of hydrogen-bond acceptors (Lipinski definition) is 2. The minimum Gasteiger partial charge on any atom is -0.366 e. The molecule has 0 aliphatic heterocycles. The van der Waals surface area contributed by atoms with E-state index in [1.807, 2.05) is 0 Å². The Labute approximate surface area is 117 Å². The SMILES string of the molecule is CC(C)Nc1n[nH]c2c1CCCCCCCCCC2. The van der Waals surface area contributed by atoms with Crippen LogP contribution in [0.1, 0.15) is 76.5 Å². The summed E-state index contributed by atoms with van der Waals surface area (Å²) in [5, 5.41) is 11.2. The molecule has 0 amide bonds. The van der Waals surface area contributed by atoms with Crippen molar-refractivity contribution in [3.05, 3.63) is 11.3 Å². The van der Waals surface area contributed by atoms with Crippen molar-refractivity contribution < 1.29 is 0 Å². The summed E-state index contributed by atoms with van der Waals surface area (Å²) in [4.78, 5) is 0. The molecule has 0 saturated heterocycles. The lowest BCUT2D eigenvalue weighted by molar-refractivity contribution is 0.558. The number of H-pyrrole nitrogens is 1. The molecule has 0 bridgehead atoms. The molecule has 0 atom stereocenters. The molecule has 1 aliphatic carbocycles. The zero-order chi connectivity index (χ0) is 13.5. The van der Waals surface area contributed by atoms with E-state index in [4.69, 9.17) is 0 Å². The molecule has 0 radical (unpaired) electrons. The summed E-state index contributed by atoms with van der Waals surface area (Å²) in [6.07, 6.45) is 13.3. The molecule has 2 N–H and O–H groups in total. The second kappa shape index (κ2) is 7.56. The van der Waals surface area contributed by atoms with Crippen LogP contribution in [0.25, 0.3) is 0 Å². The Morgan fingerprint density at radius 1 is 0.895 bits per heavy atom. The Bertz CT molecular complexity index is 368. The second-order valence-electron chi connectivity index (χ2n) is 6.16. The fourth-order valence-corrected chi connectivity index (χ4v) is 2.93. The van der Waals surface area contributed by atoms with Gasteiger partial charge in [0.25, 0.3) is 0 Å². The van der Waals surface area contributed by atoms with Crippen LogP contribution < -0.4 is 5.32 Å². The number of nitrogens with zero attached hydrogens (tertiary/aromatic N) is 1. The van der Waals surface area contributed by atoms with E-state index in [9.17, 15) is 0 Å². The maximum atomic E-state index is 4.49. The molecule has 0 unspecified atom stereocenters. The molecular weight excluding hydrogens is 234 g/mol. The smallest absolute Gasteiger partial charge is 0.151 e. The molecule has 1 heterocycles. The summed E-state index contributed by atoms with van der Waals surface area (Å²) >= 11 is 0. The van der Waals surface area contributed by atoms with E-state index in [1.54, 1.807) is 0 Å². The molecule has 0 saturated carbocycles. The van der Waals surface area contributed by atoms with Gasteiger partial charge in [0.2, 0.25) is 0 Å². The normalized spacial score (nSPS) is 18.5. The van der Waals surface area contributed by atoms with Gasteiger partial charge in [-0.3, -0.25) is 5.10 Å². The Kier molecular flexibility index (Phi) is 5.74. The van der Waals surface area contributed by atoms with Crippen molar-refractivity contribution in [1.82, 2.24) is 10.2 Å². The molecule has 108 valence electrons. The van der Waals surface area contributed by atoms with Crippen LogP contribution in [0, 0.1) is 0 Å². The maximum absolute atomic E-state index is 4.49. The van der Waals surface area contributed by atoms with E-state index in [0.717, 1.165) is 5.82 Å². The Morgan fingerprint density at radius 3 is 2.11 bits per heavy atom. The maximum Gasteiger partial charge on any atom is 0.151 e. The van der Waals surface area contributed by atoms with Gasteiger partial charge < -0.3 is 5.32 Å². The van der Waals surface area contributed by atoms with Crippen molar-refractivity contribution >= 4 is 5.82 Å². The monoisotopic (exact) mass is 263 g/mol. The molecule has 0 spiro atoms. The molecule has 19 heavy (non-hydrogen) atoms. The Morgan fingerprint density at radius 2 is 1.47 bits per heavy atom. The molecule has 0 fully saturated rings. The third kappa shape index (κ3) is 4.55. The highest BCUT2D eigenvalue weighted by atomic mass is 15.2. The number of nitrogens with one attached hydrogen (secondary N) is 2. The molecule has 3 nitrogen and oxygen atoms in total. The summed E-state index contributed by atoms with van der Waals surface area (Å²) in [6.45, 7) is 4.35. The van der Waals surface area contributed by atoms with Gasteiger partial charge in [-0.15, -0.1) is 0 Å². The standard InChI is InChI=1S/C16H29N3/c1-13(2)17-16-14-11-9-7-5-3-4-6-8-10-12-15(14)18-19-16/h13H,3-12H2,1-2H3,(H2,17,18,19). The van der Waals surface area contributed by atoms with Crippen LogP contribution >= 0.6 is 0 Å². The zero-order valence-corrected chi connectivity index (χ0v) is 12.6. The van der Waals surface area contributed by atoms with Crippen LogP contribution in [0.4, 0.5) is 5.82 Å². The van der Waals surface area contributed by atoms with Crippen LogP contribution in [-0.2, 0) is 12.8 Å². The second-order valence-corrected chi connectivity index (χ2v) is 6.16. The third-order valence-corrected chi connectivity index (χ3v) is 3.98. The van der Waals surface area contributed by atoms with Gasteiger partial charge in [0, 0.05) is 17.3 Å². The first-order valence-electron chi connectivity index (χ1n) is 8.10. The molecular formula is C16H29N3. The van der Waals surface area contributed by atoms with E-state index in [1.165, 1.54) is 75.5 Å². The topological polar surface area (TPSA) is 40.7 Å². The van der Waals surface area contributed by atoms with E-state index in [0.29, 0.717) is 6.04 Å². The summed E-state index contributed by atoms with van der Waals surface area (Å²) in [5.74, 6) is 1.10. The van der Waals surface area contributed by atoms with Gasteiger partial charge >= 0.3 is 0 Å². The van der Waals surface area contributed by atoms with Gasteiger partial charge in [0.05, 0.1) is 0 Å². The molecule has 3 heteroatoms. The van der Waals surface area contributed by atoms with Crippen LogP contribution in [0.2, 0.25) is 0 Å². The van der Waals surface area contributed by atoms with Crippen molar-refractivity contribution in [2.45, 2.75) is 84.1 Å². The zero-order valence-electron chi connectivity index (χ0n) is 12.6. The predicted octanol–water partition coefficient (Wildman–Crippen LogP) is 4.45. The van der Waals surface area contributed by atoms with E-state index < -0.39 is 0 Å². The fraction of sp³-hybridized carbons (Fsp3) is 0.812. The van der Waals surface area contributed by atoms with Crippen molar-refractivity contribution in [2.75, 3.05) is 5.32 Å². The van der Waals surface area contributed by atoms with Crippen LogP contribution in [0.15, 0.2) is 0 Å². The average molecular weight is 263 g/mol. The fourth-order valence-electron chi connectivity index (χ4n) is 2.93. The number of aromatic nitrogens is 2. The number of aryl methyl sites for hydroxylation is 1. The molecule has 1 aliphatic rings. The van der Waals surface area contributed by atoms with Crippen LogP contribution in [0.3, 0.4) is 0 Å². The Balaban J connectivity index is 2.06. The average Bonchev–Trinajstić information content (AvgIpc) is 2.71. The molecule has 0 aromatic carbocycles. The molecule has 1 aromatic heterocycles. The predicted molar refractivity (Wildman–Crippen MR) is 81.7 cm³/mol. The Hall–Kier alpha value is -0.990. The van der Waals surface area contributed by atoms with Crippen molar-refractivity contribution in [3.8, 4) is 0 Å². The van der Waals surface area contributed by atoms with Gasteiger partial charge in [-0.25, -0.2) is 0 Å². The highest BCUT2D eigenvalue weighted by molar-refractivity contribution is 5.47. The summed E-state index contributed by atoms with van der Waals surface area (Å²) < 4.78 is 0. The first kappa shape index (κ1) is 14.4. The van der Waals surface area contributed by atoms with Crippen molar-refractivity contribution in [1.29, 1.82) is 0 Å². The number of anilines is 1. The van der Waals surface area contributed by atoms with Crippen molar-refractivity contribution in [3.63, 3.8) is 0 Å². The van der Waals surface area contributed by atoms with E-state index in [2.05, 4.69) is 29.4 Å². The van der Waals surface area contributed by atoms with Gasteiger partial charge in [0.15, 0.2) is 5.82 Å². The van der Waals surface area contributed by atoms with Crippen molar-refractivity contribution in [2.24, 2.45) is 0 Å². The summed E-state index contributed by atoms with van der Waals surface area (Å²) in [5.41, 5.74) is 2.83. The highest BCUT2D eigenvalue weighted by Gasteiger charge is 2.13. The minimum atomic E-state index is 0.453. The summed E-state index contributed by atoms with van der Waals surface area (Å²) in [6, 6.07) is 0.453.